The van der Waals surface area contributed by atoms with E-state index in [1.54, 1.807) is 0 Å². The number of para-hydroxylation sites is 1. The highest BCUT2D eigenvalue weighted by Gasteiger charge is 2.15. The van der Waals surface area contributed by atoms with Crippen molar-refractivity contribution >= 4 is 0 Å². The third-order valence-electron chi connectivity index (χ3n) is 3.29. The van der Waals surface area contributed by atoms with Gasteiger partial charge in [-0.1, -0.05) is 31.0 Å². The zero-order chi connectivity index (χ0) is 11.2. The van der Waals surface area contributed by atoms with Gasteiger partial charge in [-0.3, -0.25) is 0 Å². The molecule has 1 N–H and O–H groups in total. The van der Waals surface area contributed by atoms with E-state index in [2.05, 4.69) is 23.5 Å². The maximum absolute atomic E-state index is 5.93. The van der Waals surface area contributed by atoms with Crippen LogP contribution in [-0.4, -0.2) is 13.7 Å². The SMILES string of the molecule is CNCc1ccccc1OCC1CCCC1. The zero-order valence-corrected chi connectivity index (χ0v) is 10.0. The Bertz CT molecular complexity index is 318. The first-order valence-corrected chi connectivity index (χ1v) is 6.25. The Morgan fingerprint density at radius 3 is 2.75 bits per heavy atom. The molecule has 2 rings (SSSR count). The second-order valence-electron chi connectivity index (χ2n) is 4.60. The van der Waals surface area contributed by atoms with E-state index in [0.717, 1.165) is 24.8 Å². The molecule has 0 aromatic heterocycles. The lowest BCUT2D eigenvalue weighted by atomic mass is 10.1. The first-order chi connectivity index (χ1) is 7.90. The van der Waals surface area contributed by atoms with Crippen molar-refractivity contribution < 1.29 is 4.74 Å². The lowest BCUT2D eigenvalue weighted by Crippen LogP contribution is -2.11. The smallest absolute Gasteiger partial charge is 0.123 e. The van der Waals surface area contributed by atoms with Gasteiger partial charge in [0, 0.05) is 12.1 Å². The minimum Gasteiger partial charge on any atom is -0.493 e. The Labute approximate surface area is 98.0 Å². The molecule has 0 saturated heterocycles. The van der Waals surface area contributed by atoms with E-state index in [-0.39, 0.29) is 0 Å². The van der Waals surface area contributed by atoms with Gasteiger partial charge in [0.15, 0.2) is 0 Å². The summed E-state index contributed by atoms with van der Waals surface area (Å²) < 4.78 is 5.93. The quantitative estimate of drug-likeness (QED) is 0.822. The van der Waals surface area contributed by atoms with E-state index in [4.69, 9.17) is 4.74 Å². The molecule has 1 fully saturated rings. The van der Waals surface area contributed by atoms with Gasteiger partial charge in [0.25, 0.3) is 0 Å². The minimum atomic E-state index is 0.780. The highest BCUT2D eigenvalue weighted by atomic mass is 16.5. The summed E-state index contributed by atoms with van der Waals surface area (Å²) in [6, 6.07) is 8.31. The van der Waals surface area contributed by atoms with Gasteiger partial charge in [-0.15, -0.1) is 0 Å². The largest absolute Gasteiger partial charge is 0.493 e. The topological polar surface area (TPSA) is 21.3 Å². The molecule has 0 unspecified atom stereocenters. The van der Waals surface area contributed by atoms with E-state index in [1.807, 2.05) is 13.1 Å². The van der Waals surface area contributed by atoms with Crippen LogP contribution in [0.25, 0.3) is 0 Å². The zero-order valence-electron chi connectivity index (χ0n) is 10.0. The monoisotopic (exact) mass is 219 g/mol. The van der Waals surface area contributed by atoms with E-state index in [9.17, 15) is 0 Å². The average molecular weight is 219 g/mol. The molecular formula is C14H21NO. The van der Waals surface area contributed by atoms with Gasteiger partial charge in [0.1, 0.15) is 5.75 Å². The molecule has 0 spiro atoms. The first kappa shape index (κ1) is 11.5. The van der Waals surface area contributed by atoms with Crippen LogP contribution in [0.15, 0.2) is 24.3 Å². The van der Waals surface area contributed by atoms with Crippen molar-refractivity contribution in [2.45, 2.75) is 32.2 Å². The summed E-state index contributed by atoms with van der Waals surface area (Å²) in [4.78, 5) is 0. The number of benzene rings is 1. The predicted octanol–water partition coefficient (Wildman–Crippen LogP) is 2.98. The van der Waals surface area contributed by atoms with Crippen molar-refractivity contribution in [2.24, 2.45) is 5.92 Å². The van der Waals surface area contributed by atoms with Gasteiger partial charge in [-0.2, -0.15) is 0 Å². The summed E-state index contributed by atoms with van der Waals surface area (Å²) in [5.74, 6) is 1.83. The third-order valence-corrected chi connectivity index (χ3v) is 3.29. The van der Waals surface area contributed by atoms with Crippen molar-refractivity contribution in [1.29, 1.82) is 0 Å². The Morgan fingerprint density at radius 1 is 1.25 bits per heavy atom. The Morgan fingerprint density at radius 2 is 2.00 bits per heavy atom. The van der Waals surface area contributed by atoms with Crippen LogP contribution >= 0.6 is 0 Å². The second kappa shape index (κ2) is 5.90. The molecule has 1 saturated carbocycles. The number of nitrogens with one attached hydrogen (secondary N) is 1. The number of rotatable bonds is 5. The summed E-state index contributed by atoms with van der Waals surface area (Å²) in [7, 11) is 1.97. The van der Waals surface area contributed by atoms with Crippen molar-refractivity contribution in [3.63, 3.8) is 0 Å². The second-order valence-corrected chi connectivity index (χ2v) is 4.60. The van der Waals surface area contributed by atoms with Crippen molar-refractivity contribution in [1.82, 2.24) is 5.32 Å². The predicted molar refractivity (Wildman–Crippen MR) is 66.7 cm³/mol. The van der Waals surface area contributed by atoms with Gasteiger partial charge in [0.2, 0.25) is 0 Å². The normalized spacial score (nSPS) is 16.6. The fourth-order valence-electron chi connectivity index (χ4n) is 2.37. The fourth-order valence-corrected chi connectivity index (χ4v) is 2.37. The highest BCUT2D eigenvalue weighted by molar-refractivity contribution is 5.33. The van der Waals surface area contributed by atoms with Crippen molar-refractivity contribution in [3.8, 4) is 5.75 Å². The molecule has 0 aliphatic heterocycles. The van der Waals surface area contributed by atoms with Crippen LogP contribution in [0.1, 0.15) is 31.2 Å². The van der Waals surface area contributed by atoms with Crippen LogP contribution in [0, 0.1) is 5.92 Å². The van der Waals surface area contributed by atoms with Gasteiger partial charge in [-0.05, 0) is 31.9 Å². The third kappa shape index (κ3) is 2.99. The summed E-state index contributed by atoms with van der Waals surface area (Å²) in [5.41, 5.74) is 1.25. The molecule has 2 nitrogen and oxygen atoms in total. The van der Waals surface area contributed by atoms with Gasteiger partial charge < -0.3 is 10.1 Å². The Hall–Kier alpha value is -1.02. The van der Waals surface area contributed by atoms with Crippen LogP contribution in [0.4, 0.5) is 0 Å². The summed E-state index contributed by atoms with van der Waals surface area (Å²) >= 11 is 0. The molecular weight excluding hydrogens is 198 g/mol. The van der Waals surface area contributed by atoms with Crippen LogP contribution in [-0.2, 0) is 6.54 Å². The molecule has 1 aromatic carbocycles. The molecule has 0 atom stereocenters. The maximum atomic E-state index is 5.93. The lowest BCUT2D eigenvalue weighted by Gasteiger charge is -2.14. The Balaban J connectivity index is 1.91. The molecule has 1 aliphatic rings. The van der Waals surface area contributed by atoms with Crippen LogP contribution in [0.2, 0.25) is 0 Å². The standard InChI is InChI=1S/C14H21NO/c1-15-10-13-8-4-5-9-14(13)16-11-12-6-2-3-7-12/h4-5,8-9,12,15H,2-3,6-7,10-11H2,1H3. The van der Waals surface area contributed by atoms with Crippen LogP contribution < -0.4 is 10.1 Å². The van der Waals surface area contributed by atoms with Crippen molar-refractivity contribution in [2.75, 3.05) is 13.7 Å². The van der Waals surface area contributed by atoms with Crippen LogP contribution in [0.5, 0.6) is 5.75 Å². The number of ether oxygens (including phenoxy) is 1. The maximum Gasteiger partial charge on any atom is 0.123 e. The van der Waals surface area contributed by atoms with E-state index >= 15 is 0 Å². The molecule has 2 heteroatoms. The lowest BCUT2D eigenvalue weighted by molar-refractivity contribution is 0.249. The summed E-state index contributed by atoms with van der Waals surface area (Å²) in [6.45, 7) is 1.77. The van der Waals surface area contributed by atoms with Gasteiger partial charge in [0.05, 0.1) is 6.61 Å². The van der Waals surface area contributed by atoms with E-state index < -0.39 is 0 Å². The number of hydrogen-bond acceptors (Lipinski definition) is 2. The highest BCUT2D eigenvalue weighted by Crippen LogP contribution is 2.26. The fraction of sp³-hybridized carbons (Fsp3) is 0.571. The molecule has 1 aromatic rings. The van der Waals surface area contributed by atoms with Crippen molar-refractivity contribution in [3.05, 3.63) is 29.8 Å². The van der Waals surface area contributed by atoms with E-state index in [1.165, 1.54) is 31.2 Å². The molecule has 0 amide bonds. The Kier molecular flexibility index (Phi) is 4.23. The molecule has 16 heavy (non-hydrogen) atoms. The average Bonchev–Trinajstić information content (AvgIpc) is 2.81. The van der Waals surface area contributed by atoms with E-state index in [0.29, 0.717) is 0 Å². The molecule has 88 valence electrons. The molecule has 0 heterocycles. The molecule has 1 aliphatic carbocycles. The van der Waals surface area contributed by atoms with Crippen LogP contribution in [0.3, 0.4) is 0 Å². The molecule has 0 bridgehead atoms. The number of hydrogen-bond donors (Lipinski definition) is 1. The minimum absolute atomic E-state index is 0.780. The first-order valence-electron chi connectivity index (χ1n) is 6.25. The van der Waals surface area contributed by atoms with Gasteiger partial charge >= 0.3 is 0 Å². The summed E-state index contributed by atoms with van der Waals surface area (Å²) in [5, 5.41) is 3.17. The molecule has 0 radical (unpaired) electrons. The summed E-state index contributed by atoms with van der Waals surface area (Å²) in [6.07, 6.45) is 5.45. The van der Waals surface area contributed by atoms with Gasteiger partial charge in [-0.25, -0.2) is 0 Å².